The minimum Gasteiger partial charge on any atom is -0.463 e. The Bertz CT molecular complexity index is 1090. The summed E-state index contributed by atoms with van der Waals surface area (Å²) in [5.41, 5.74) is 5.30. The van der Waals surface area contributed by atoms with Gasteiger partial charge in [0.05, 0.1) is 12.3 Å². The number of anilines is 1. The van der Waals surface area contributed by atoms with Gasteiger partial charge in [-0.2, -0.15) is 0 Å². The minimum atomic E-state index is -0.297. The molecular weight excluding hydrogens is 456 g/mol. The molecule has 0 bridgehead atoms. The minimum absolute atomic E-state index is 0.128. The van der Waals surface area contributed by atoms with Gasteiger partial charge in [0.1, 0.15) is 10.3 Å². The molecule has 1 fully saturated rings. The van der Waals surface area contributed by atoms with Crippen LogP contribution in [0.2, 0.25) is 0 Å². The van der Waals surface area contributed by atoms with Crippen LogP contribution in [0.3, 0.4) is 0 Å². The van der Waals surface area contributed by atoms with E-state index < -0.39 is 0 Å². The Labute approximate surface area is 190 Å². The van der Waals surface area contributed by atoms with Crippen molar-refractivity contribution in [1.82, 2.24) is 4.98 Å². The lowest BCUT2D eigenvalue weighted by Crippen LogP contribution is -2.32. The molecule has 0 spiro atoms. The zero-order valence-corrected chi connectivity index (χ0v) is 19.3. The fourth-order valence-corrected chi connectivity index (χ4v) is 4.39. The van der Waals surface area contributed by atoms with Gasteiger partial charge >= 0.3 is 5.97 Å². The van der Waals surface area contributed by atoms with E-state index in [4.69, 9.17) is 4.74 Å². The molecule has 2 aromatic rings. The number of esters is 1. The van der Waals surface area contributed by atoms with Gasteiger partial charge in [-0.05, 0) is 90.4 Å². The molecule has 1 aromatic carbocycles. The smallest absolute Gasteiger partial charge is 0.333 e. The summed E-state index contributed by atoms with van der Waals surface area (Å²) in [7, 11) is 0. The Balaban J connectivity index is 1.77. The number of carbonyl (C=O) groups excluding carboxylic acids is 2. The molecule has 1 aromatic heterocycles. The van der Waals surface area contributed by atoms with Crippen LogP contribution < -0.4 is 4.90 Å². The van der Waals surface area contributed by atoms with Gasteiger partial charge < -0.3 is 9.64 Å². The maximum absolute atomic E-state index is 13.4. The van der Waals surface area contributed by atoms with E-state index in [1.165, 1.54) is 5.57 Å². The Morgan fingerprint density at radius 1 is 1.19 bits per heavy atom. The number of para-hydroxylation sites is 1. The zero-order chi connectivity index (χ0) is 22.0. The number of carbonyl (C=O) groups is 2. The molecule has 1 amide bonds. The maximum atomic E-state index is 13.4. The van der Waals surface area contributed by atoms with Crippen LogP contribution in [-0.4, -0.2) is 30.0 Å². The van der Waals surface area contributed by atoms with Gasteiger partial charge in [0, 0.05) is 17.7 Å². The predicted octanol–water partition coefficient (Wildman–Crippen LogP) is 5.57. The van der Waals surface area contributed by atoms with Crippen LogP contribution in [0.25, 0.3) is 5.57 Å². The van der Waals surface area contributed by atoms with E-state index in [9.17, 15) is 9.59 Å². The molecule has 0 atom stereocenters. The van der Waals surface area contributed by atoms with Crippen LogP contribution in [0.1, 0.15) is 49.2 Å². The first kappa shape index (κ1) is 21.5. The summed E-state index contributed by atoms with van der Waals surface area (Å²) in [5, 5.41) is 0. The van der Waals surface area contributed by atoms with Crippen molar-refractivity contribution in [3.63, 3.8) is 0 Å². The molecular formula is C25H25BrN2O3. The fourth-order valence-electron chi connectivity index (χ4n) is 4.04. The predicted molar refractivity (Wildman–Crippen MR) is 125 cm³/mol. The third-order valence-corrected chi connectivity index (χ3v) is 6.03. The number of fused-ring (bicyclic) bond motifs is 1. The molecule has 4 rings (SSSR count). The van der Waals surface area contributed by atoms with E-state index in [1.807, 2.05) is 35.2 Å². The monoisotopic (exact) mass is 480 g/mol. The van der Waals surface area contributed by atoms with Crippen molar-refractivity contribution in [2.45, 2.75) is 33.1 Å². The van der Waals surface area contributed by atoms with Crippen molar-refractivity contribution in [3.8, 4) is 0 Å². The van der Waals surface area contributed by atoms with E-state index >= 15 is 0 Å². The lowest BCUT2D eigenvalue weighted by molar-refractivity contribution is -0.138. The van der Waals surface area contributed by atoms with Crippen molar-refractivity contribution in [2.24, 2.45) is 5.92 Å². The van der Waals surface area contributed by atoms with Crippen molar-refractivity contribution in [2.75, 3.05) is 18.1 Å². The van der Waals surface area contributed by atoms with Crippen molar-refractivity contribution in [1.29, 1.82) is 0 Å². The highest BCUT2D eigenvalue weighted by Crippen LogP contribution is 2.48. The summed E-state index contributed by atoms with van der Waals surface area (Å²) in [4.78, 5) is 31.8. The largest absolute Gasteiger partial charge is 0.463 e. The van der Waals surface area contributed by atoms with Gasteiger partial charge in [-0.3, -0.25) is 4.79 Å². The van der Waals surface area contributed by atoms with E-state index in [0.717, 1.165) is 29.7 Å². The van der Waals surface area contributed by atoms with Crippen LogP contribution in [-0.2, 0) is 9.53 Å². The number of hydrogen-bond donors (Lipinski definition) is 0. The summed E-state index contributed by atoms with van der Waals surface area (Å²) in [5.74, 6) is 0.0339. The Morgan fingerprint density at radius 3 is 2.68 bits per heavy atom. The zero-order valence-electron chi connectivity index (χ0n) is 17.7. The number of nitrogens with zero attached hydrogens (tertiary/aromatic N) is 2. The van der Waals surface area contributed by atoms with Crippen LogP contribution in [0, 0.1) is 5.92 Å². The van der Waals surface area contributed by atoms with Gasteiger partial charge in [0.15, 0.2) is 0 Å². The normalized spacial score (nSPS) is 16.6. The maximum Gasteiger partial charge on any atom is 0.333 e. The van der Waals surface area contributed by atoms with Gasteiger partial charge in [-0.25, -0.2) is 9.78 Å². The molecule has 1 aliphatic carbocycles. The first-order chi connectivity index (χ1) is 15.0. The number of hydrogen-bond acceptors (Lipinski definition) is 4. The number of allylic oxidation sites excluding steroid dienone is 2. The second-order valence-electron chi connectivity index (χ2n) is 7.83. The number of amides is 1. The molecule has 1 saturated carbocycles. The molecule has 2 aliphatic rings. The average molecular weight is 481 g/mol. The van der Waals surface area contributed by atoms with Crippen molar-refractivity contribution >= 4 is 39.1 Å². The molecule has 160 valence electrons. The van der Waals surface area contributed by atoms with Crippen LogP contribution in [0.15, 0.2) is 64.3 Å². The molecule has 5 nitrogen and oxygen atoms in total. The summed E-state index contributed by atoms with van der Waals surface area (Å²) in [6.45, 7) is 4.47. The second-order valence-corrected chi connectivity index (χ2v) is 8.64. The summed E-state index contributed by atoms with van der Waals surface area (Å²) < 4.78 is 5.81. The summed E-state index contributed by atoms with van der Waals surface area (Å²) >= 11 is 3.36. The average Bonchev–Trinajstić information content (AvgIpc) is 3.60. The first-order valence-electron chi connectivity index (χ1n) is 10.6. The third-order valence-electron chi connectivity index (χ3n) is 5.59. The fraction of sp³-hybridized carbons (Fsp3) is 0.320. The van der Waals surface area contributed by atoms with E-state index in [1.54, 1.807) is 26.0 Å². The Hall–Kier alpha value is -2.73. The van der Waals surface area contributed by atoms with Gasteiger partial charge in [0.25, 0.3) is 5.91 Å². The number of rotatable bonds is 5. The molecule has 1 aliphatic heterocycles. The molecule has 0 unspecified atom stereocenters. The number of ether oxygens (including phenoxy) is 1. The lowest BCUT2D eigenvalue weighted by Gasteiger charge is -2.23. The highest BCUT2D eigenvalue weighted by Gasteiger charge is 2.34. The van der Waals surface area contributed by atoms with Crippen LogP contribution >= 0.6 is 15.9 Å². The number of benzene rings is 1. The third kappa shape index (κ3) is 4.64. The molecule has 2 heterocycles. The van der Waals surface area contributed by atoms with Crippen LogP contribution in [0.4, 0.5) is 5.69 Å². The standard InChI is InChI=1S/C25H25BrN2O3/c1-3-31-25(30)16(2)15-18-13-14-28(24(29)20-8-6-10-22(26)27-20)21-9-5-4-7-19(21)23(18)17-11-12-17/h4-10,15,17H,3,11-14H2,1-2H3/b16-15+. The van der Waals surface area contributed by atoms with Crippen molar-refractivity contribution < 1.29 is 14.3 Å². The van der Waals surface area contributed by atoms with E-state index in [2.05, 4.69) is 27.0 Å². The summed E-state index contributed by atoms with van der Waals surface area (Å²) in [6, 6.07) is 13.4. The van der Waals surface area contributed by atoms with E-state index in [-0.39, 0.29) is 11.9 Å². The first-order valence-corrected chi connectivity index (χ1v) is 11.4. The van der Waals surface area contributed by atoms with Gasteiger partial charge in [-0.15, -0.1) is 0 Å². The van der Waals surface area contributed by atoms with Gasteiger partial charge in [-0.1, -0.05) is 24.3 Å². The number of aromatic nitrogens is 1. The number of pyridine rings is 1. The topological polar surface area (TPSA) is 59.5 Å². The molecule has 6 heteroatoms. The molecule has 0 saturated heterocycles. The summed E-state index contributed by atoms with van der Waals surface area (Å²) in [6.07, 6.45) is 4.87. The number of halogens is 1. The van der Waals surface area contributed by atoms with E-state index in [0.29, 0.717) is 41.4 Å². The molecule has 31 heavy (non-hydrogen) atoms. The van der Waals surface area contributed by atoms with Gasteiger partial charge in [0.2, 0.25) is 0 Å². The quantitative estimate of drug-likeness (QED) is 0.319. The van der Waals surface area contributed by atoms with Crippen molar-refractivity contribution in [3.05, 3.63) is 75.5 Å². The Kier molecular flexibility index (Phi) is 6.37. The highest BCUT2D eigenvalue weighted by molar-refractivity contribution is 9.10. The SMILES string of the molecule is CCOC(=O)/C(C)=C/C1=C(C2CC2)c2ccccc2N(C(=O)c2cccc(Br)n2)CC1. The molecule has 0 N–H and O–H groups in total. The second kappa shape index (κ2) is 9.18. The lowest BCUT2D eigenvalue weighted by atomic mass is 9.93. The van der Waals surface area contributed by atoms with Crippen LogP contribution in [0.5, 0.6) is 0 Å². The highest BCUT2D eigenvalue weighted by atomic mass is 79.9. The molecule has 0 radical (unpaired) electrons. The Morgan fingerprint density at radius 2 is 1.97 bits per heavy atom.